The Labute approximate surface area is 90.8 Å². The molecule has 4 nitrogen and oxygen atoms in total. The van der Waals surface area contributed by atoms with Gasteiger partial charge in [0.25, 0.3) is 0 Å². The second-order valence-corrected chi connectivity index (χ2v) is 3.62. The summed E-state index contributed by atoms with van der Waals surface area (Å²) in [6.07, 6.45) is 4.30. The van der Waals surface area contributed by atoms with Gasteiger partial charge < -0.3 is 9.47 Å². The van der Waals surface area contributed by atoms with Crippen molar-refractivity contribution in [2.75, 3.05) is 20.3 Å². The first-order valence-corrected chi connectivity index (χ1v) is 5.00. The summed E-state index contributed by atoms with van der Waals surface area (Å²) in [4.78, 5) is 7.99. The largest absolute Gasteiger partial charge is 0.463 e. The van der Waals surface area contributed by atoms with Crippen molar-refractivity contribution in [3.63, 3.8) is 0 Å². The monoisotopic (exact) mass is 294 g/mol. The fraction of sp³-hybridized carbons (Fsp3) is 0.500. The molecule has 0 fully saturated rings. The highest BCUT2D eigenvalue weighted by atomic mass is 127. The van der Waals surface area contributed by atoms with Crippen LogP contribution in [-0.4, -0.2) is 30.3 Å². The van der Waals surface area contributed by atoms with Gasteiger partial charge in [-0.15, -0.1) is 0 Å². The molecule has 0 amide bonds. The van der Waals surface area contributed by atoms with Crippen molar-refractivity contribution in [1.82, 2.24) is 9.97 Å². The molecule has 0 N–H and O–H groups in total. The van der Waals surface area contributed by atoms with Crippen LogP contribution in [0.25, 0.3) is 0 Å². The van der Waals surface area contributed by atoms with E-state index in [4.69, 9.17) is 9.47 Å². The zero-order valence-corrected chi connectivity index (χ0v) is 9.52. The van der Waals surface area contributed by atoms with Crippen LogP contribution >= 0.6 is 22.6 Å². The summed E-state index contributed by atoms with van der Waals surface area (Å²) < 4.78 is 11.1. The van der Waals surface area contributed by atoms with Crippen LogP contribution < -0.4 is 4.74 Å². The Morgan fingerprint density at radius 1 is 1.31 bits per heavy atom. The van der Waals surface area contributed by atoms with Crippen LogP contribution in [0.3, 0.4) is 0 Å². The molecule has 13 heavy (non-hydrogen) atoms. The number of nitrogens with zero attached hydrogens (tertiary/aromatic N) is 2. The van der Waals surface area contributed by atoms with Crippen molar-refractivity contribution >= 4 is 22.6 Å². The van der Waals surface area contributed by atoms with Gasteiger partial charge in [0.2, 0.25) is 0 Å². The van der Waals surface area contributed by atoms with Crippen LogP contribution in [0.4, 0.5) is 0 Å². The molecule has 1 aromatic heterocycles. The zero-order valence-electron chi connectivity index (χ0n) is 7.36. The quantitative estimate of drug-likeness (QED) is 0.610. The van der Waals surface area contributed by atoms with Gasteiger partial charge in [-0.2, -0.15) is 0 Å². The first kappa shape index (κ1) is 10.6. The molecule has 0 saturated carbocycles. The van der Waals surface area contributed by atoms with E-state index in [1.165, 1.54) is 0 Å². The third kappa shape index (κ3) is 4.37. The van der Waals surface area contributed by atoms with E-state index in [9.17, 15) is 0 Å². The summed E-state index contributed by atoms with van der Waals surface area (Å²) in [6, 6.07) is 0.427. The lowest BCUT2D eigenvalue weighted by Gasteiger charge is -2.02. The van der Waals surface area contributed by atoms with E-state index < -0.39 is 0 Å². The molecule has 0 aliphatic rings. The second-order valence-electron chi connectivity index (χ2n) is 2.38. The van der Waals surface area contributed by atoms with Crippen molar-refractivity contribution in [2.45, 2.75) is 6.42 Å². The summed E-state index contributed by atoms with van der Waals surface area (Å²) in [7, 11) is 1.67. The van der Waals surface area contributed by atoms with E-state index in [0.29, 0.717) is 19.2 Å². The number of hydrogen-bond acceptors (Lipinski definition) is 4. The van der Waals surface area contributed by atoms with Gasteiger partial charge in [0, 0.05) is 36.1 Å². The van der Waals surface area contributed by atoms with E-state index >= 15 is 0 Å². The summed E-state index contributed by atoms with van der Waals surface area (Å²) in [6.45, 7) is 1.29. The summed E-state index contributed by atoms with van der Waals surface area (Å²) in [5.41, 5.74) is 0. The molecule has 0 aliphatic carbocycles. The van der Waals surface area contributed by atoms with Crippen molar-refractivity contribution in [3.05, 3.63) is 16.0 Å². The molecule has 0 aliphatic heterocycles. The average Bonchev–Trinajstić information content (AvgIpc) is 2.15. The fourth-order valence-corrected chi connectivity index (χ4v) is 1.02. The topological polar surface area (TPSA) is 44.2 Å². The van der Waals surface area contributed by atoms with Crippen LogP contribution in [0, 0.1) is 3.57 Å². The molecule has 72 valence electrons. The van der Waals surface area contributed by atoms with E-state index in [1.807, 2.05) is 0 Å². The lowest BCUT2D eigenvalue weighted by atomic mass is 10.5. The molecule has 1 aromatic rings. The van der Waals surface area contributed by atoms with Crippen molar-refractivity contribution in [2.24, 2.45) is 0 Å². The number of aromatic nitrogens is 2. The van der Waals surface area contributed by atoms with Gasteiger partial charge in [0.05, 0.1) is 6.61 Å². The van der Waals surface area contributed by atoms with E-state index in [-0.39, 0.29) is 0 Å². The lowest BCUT2D eigenvalue weighted by Crippen LogP contribution is -2.03. The molecule has 5 heteroatoms. The van der Waals surface area contributed by atoms with Gasteiger partial charge in [-0.25, -0.2) is 9.97 Å². The van der Waals surface area contributed by atoms with E-state index in [2.05, 4.69) is 32.6 Å². The molecule has 0 radical (unpaired) electrons. The van der Waals surface area contributed by atoms with Gasteiger partial charge in [-0.3, -0.25) is 0 Å². The van der Waals surface area contributed by atoms with Gasteiger partial charge in [0.1, 0.15) is 0 Å². The summed E-state index contributed by atoms with van der Waals surface area (Å²) in [5.74, 6) is 0. The molecule has 1 rings (SSSR count). The normalized spacial score (nSPS) is 10.0. The van der Waals surface area contributed by atoms with Crippen molar-refractivity contribution in [3.8, 4) is 6.01 Å². The third-order valence-electron chi connectivity index (χ3n) is 1.32. The minimum absolute atomic E-state index is 0.427. The average molecular weight is 294 g/mol. The molecular weight excluding hydrogens is 283 g/mol. The predicted molar refractivity (Wildman–Crippen MR) is 56.7 cm³/mol. The Hall–Kier alpha value is -0.430. The first-order chi connectivity index (χ1) is 6.33. The maximum absolute atomic E-state index is 5.26. The van der Waals surface area contributed by atoms with Crippen LogP contribution in [0.5, 0.6) is 6.01 Å². The first-order valence-electron chi connectivity index (χ1n) is 3.92. The van der Waals surface area contributed by atoms with Crippen LogP contribution in [0.2, 0.25) is 0 Å². The van der Waals surface area contributed by atoms with E-state index in [1.54, 1.807) is 19.5 Å². The standard InChI is InChI=1S/C8H11IN2O2/c1-12-3-2-4-13-8-10-5-7(9)6-11-8/h5-6H,2-4H2,1H3. The van der Waals surface area contributed by atoms with Crippen molar-refractivity contribution < 1.29 is 9.47 Å². The predicted octanol–water partition coefficient (Wildman–Crippen LogP) is 1.50. The molecule has 0 saturated heterocycles. The van der Waals surface area contributed by atoms with Gasteiger partial charge >= 0.3 is 6.01 Å². The number of halogens is 1. The van der Waals surface area contributed by atoms with Gasteiger partial charge in [-0.1, -0.05) is 0 Å². The third-order valence-corrected chi connectivity index (χ3v) is 1.88. The van der Waals surface area contributed by atoms with Crippen LogP contribution in [-0.2, 0) is 4.74 Å². The Kier molecular flexibility index (Phi) is 4.99. The maximum atomic E-state index is 5.26. The maximum Gasteiger partial charge on any atom is 0.316 e. The number of rotatable bonds is 5. The van der Waals surface area contributed by atoms with E-state index in [0.717, 1.165) is 9.99 Å². The molecule has 0 aromatic carbocycles. The fourth-order valence-electron chi connectivity index (χ4n) is 0.742. The lowest BCUT2D eigenvalue weighted by molar-refractivity contribution is 0.168. The van der Waals surface area contributed by atoms with Crippen LogP contribution in [0.15, 0.2) is 12.4 Å². The Morgan fingerprint density at radius 3 is 2.62 bits per heavy atom. The smallest absolute Gasteiger partial charge is 0.316 e. The number of methoxy groups -OCH3 is 1. The molecule has 0 atom stereocenters. The van der Waals surface area contributed by atoms with Crippen LogP contribution in [0.1, 0.15) is 6.42 Å². The Morgan fingerprint density at radius 2 is 2.00 bits per heavy atom. The van der Waals surface area contributed by atoms with Gasteiger partial charge in [-0.05, 0) is 22.6 Å². The van der Waals surface area contributed by atoms with Gasteiger partial charge in [0.15, 0.2) is 0 Å². The highest BCUT2D eigenvalue weighted by molar-refractivity contribution is 14.1. The molecule has 0 bridgehead atoms. The minimum Gasteiger partial charge on any atom is -0.463 e. The molecule has 0 spiro atoms. The zero-order chi connectivity index (χ0) is 9.52. The number of hydrogen-bond donors (Lipinski definition) is 0. The Balaban J connectivity index is 2.25. The minimum atomic E-state index is 0.427. The highest BCUT2D eigenvalue weighted by Crippen LogP contribution is 2.04. The SMILES string of the molecule is COCCCOc1ncc(I)cn1. The second kappa shape index (κ2) is 6.09. The van der Waals surface area contributed by atoms with Crippen molar-refractivity contribution in [1.29, 1.82) is 0 Å². The number of ether oxygens (including phenoxy) is 2. The molecular formula is C8H11IN2O2. The molecule has 0 unspecified atom stereocenters. The highest BCUT2D eigenvalue weighted by Gasteiger charge is 1.95. The summed E-state index contributed by atoms with van der Waals surface area (Å²) in [5, 5.41) is 0. The molecule has 1 heterocycles. The Bertz CT molecular complexity index is 240. The summed E-state index contributed by atoms with van der Waals surface area (Å²) >= 11 is 2.15.